The maximum atomic E-state index is 12.1. The van der Waals surface area contributed by atoms with Gasteiger partial charge in [0.05, 0.1) is 17.6 Å². The summed E-state index contributed by atoms with van der Waals surface area (Å²) in [6, 6.07) is 16.8. The second-order valence-electron chi connectivity index (χ2n) is 5.94. The molecule has 2 aromatic heterocycles. The molecule has 0 aliphatic carbocycles. The molecule has 0 aliphatic rings. The lowest BCUT2D eigenvalue weighted by Gasteiger charge is -2.05. The topological polar surface area (TPSA) is 83.0 Å². The molecule has 0 radical (unpaired) electrons. The number of ether oxygens (including phenoxy) is 1. The fraction of sp³-hybridized carbons (Fsp3) is 0.158. The Labute approximate surface area is 149 Å². The Bertz CT molecular complexity index is 1050. The molecular weight excluding hydrogens is 332 g/mol. The van der Waals surface area contributed by atoms with Crippen molar-refractivity contribution in [2.24, 2.45) is 0 Å². The van der Waals surface area contributed by atoms with Crippen LogP contribution < -0.4 is 0 Å². The van der Waals surface area contributed by atoms with Crippen LogP contribution in [0.25, 0.3) is 11.0 Å². The van der Waals surface area contributed by atoms with Crippen molar-refractivity contribution in [3.8, 4) is 0 Å². The summed E-state index contributed by atoms with van der Waals surface area (Å²) in [5.41, 5.74) is 3.92. The number of hydrogen-bond donors (Lipinski definition) is 0. The molecule has 130 valence electrons. The lowest BCUT2D eigenvalue weighted by molar-refractivity contribution is 0.0464. The maximum absolute atomic E-state index is 12.1. The average molecular weight is 348 g/mol. The minimum Gasteiger partial charge on any atom is -0.455 e. The number of nitrogens with zero attached hydrogens (tertiary/aromatic N) is 4. The molecule has 4 rings (SSSR count). The minimum atomic E-state index is -0.400. The van der Waals surface area contributed by atoms with Gasteiger partial charge in [-0.15, -0.1) is 5.10 Å². The highest BCUT2D eigenvalue weighted by Gasteiger charge is 2.10. The van der Waals surface area contributed by atoms with E-state index in [1.807, 2.05) is 41.1 Å². The molecule has 0 N–H and O–H groups in total. The lowest BCUT2D eigenvalue weighted by atomic mass is 10.1. The summed E-state index contributed by atoms with van der Waals surface area (Å²) in [7, 11) is 0. The Morgan fingerprint density at radius 1 is 1.15 bits per heavy atom. The first-order valence-corrected chi connectivity index (χ1v) is 8.15. The van der Waals surface area contributed by atoms with E-state index in [0.29, 0.717) is 23.6 Å². The molecule has 0 unspecified atom stereocenters. The van der Waals surface area contributed by atoms with Crippen molar-refractivity contribution in [3.05, 3.63) is 77.2 Å². The molecule has 2 aromatic carbocycles. The molecule has 0 aliphatic heterocycles. The van der Waals surface area contributed by atoms with Crippen LogP contribution in [0.15, 0.2) is 59.1 Å². The summed E-state index contributed by atoms with van der Waals surface area (Å²) in [4.78, 5) is 12.1. The molecule has 0 bridgehead atoms. The van der Waals surface area contributed by atoms with Gasteiger partial charge in [-0.1, -0.05) is 34.6 Å². The Balaban J connectivity index is 1.42. The number of rotatable bonds is 5. The highest BCUT2D eigenvalue weighted by atomic mass is 16.5. The van der Waals surface area contributed by atoms with Gasteiger partial charge < -0.3 is 9.26 Å². The highest BCUT2D eigenvalue weighted by Crippen LogP contribution is 2.13. The van der Waals surface area contributed by atoms with Gasteiger partial charge in [0.25, 0.3) is 0 Å². The van der Waals surface area contributed by atoms with Gasteiger partial charge >= 0.3 is 5.97 Å². The Hall–Kier alpha value is -3.48. The molecule has 7 nitrogen and oxygen atoms in total. The van der Waals surface area contributed by atoms with Crippen molar-refractivity contribution in [3.63, 3.8) is 0 Å². The molecule has 0 amide bonds. The molecule has 7 heteroatoms. The Morgan fingerprint density at radius 2 is 1.96 bits per heavy atom. The van der Waals surface area contributed by atoms with Crippen LogP contribution in [0.5, 0.6) is 0 Å². The van der Waals surface area contributed by atoms with Crippen molar-refractivity contribution >= 4 is 17.0 Å². The third-order valence-electron chi connectivity index (χ3n) is 3.97. The van der Waals surface area contributed by atoms with E-state index >= 15 is 0 Å². The molecule has 0 atom stereocenters. The number of aromatic nitrogens is 4. The van der Waals surface area contributed by atoms with E-state index in [0.717, 1.165) is 16.6 Å². The zero-order chi connectivity index (χ0) is 17.9. The molecule has 0 fully saturated rings. The molecule has 0 saturated heterocycles. The van der Waals surface area contributed by atoms with E-state index < -0.39 is 5.97 Å². The Morgan fingerprint density at radius 3 is 2.73 bits per heavy atom. The fourth-order valence-corrected chi connectivity index (χ4v) is 2.66. The molecular formula is C19H16N4O3. The van der Waals surface area contributed by atoms with E-state index in [1.54, 1.807) is 25.1 Å². The number of aryl methyl sites for hydroxylation is 1. The summed E-state index contributed by atoms with van der Waals surface area (Å²) in [6.45, 7) is 2.45. The monoisotopic (exact) mass is 348 g/mol. The average Bonchev–Trinajstić information content (AvgIpc) is 3.27. The van der Waals surface area contributed by atoms with Crippen LogP contribution >= 0.6 is 0 Å². The van der Waals surface area contributed by atoms with Crippen molar-refractivity contribution in [1.29, 1.82) is 0 Å². The van der Waals surface area contributed by atoms with E-state index in [4.69, 9.17) is 9.26 Å². The third-order valence-corrected chi connectivity index (χ3v) is 3.97. The minimum absolute atomic E-state index is 0.0862. The van der Waals surface area contributed by atoms with Crippen LogP contribution in [0.1, 0.15) is 27.4 Å². The van der Waals surface area contributed by atoms with Crippen LogP contribution in [0.2, 0.25) is 0 Å². The Kier molecular flexibility index (Phi) is 4.18. The van der Waals surface area contributed by atoms with E-state index in [-0.39, 0.29) is 6.61 Å². The van der Waals surface area contributed by atoms with Crippen LogP contribution in [-0.2, 0) is 17.9 Å². The van der Waals surface area contributed by atoms with Gasteiger partial charge in [-0.05, 0) is 36.8 Å². The second-order valence-corrected chi connectivity index (χ2v) is 5.94. The number of hydrogen-bond acceptors (Lipinski definition) is 6. The van der Waals surface area contributed by atoms with Gasteiger partial charge in [0.2, 0.25) is 0 Å². The first-order chi connectivity index (χ1) is 12.7. The standard InChI is InChI=1S/C19H16N4O3/c1-13-10-16(21-26-13)12-25-19(24)15-8-6-14(7-9-15)11-23-18-5-3-2-4-17(18)20-22-23/h2-10H,11-12H2,1H3. The van der Waals surface area contributed by atoms with Crippen LogP contribution in [0.3, 0.4) is 0 Å². The lowest BCUT2D eigenvalue weighted by Crippen LogP contribution is -2.06. The largest absolute Gasteiger partial charge is 0.455 e. The number of carbonyl (C=O) groups excluding carboxylic acids is 1. The summed E-state index contributed by atoms with van der Waals surface area (Å²) in [5, 5.41) is 12.1. The van der Waals surface area contributed by atoms with Crippen LogP contribution in [0.4, 0.5) is 0 Å². The van der Waals surface area contributed by atoms with Gasteiger partial charge in [-0.2, -0.15) is 0 Å². The normalized spacial score (nSPS) is 11.0. The first-order valence-electron chi connectivity index (χ1n) is 8.15. The highest BCUT2D eigenvalue weighted by molar-refractivity contribution is 5.89. The van der Waals surface area contributed by atoms with E-state index in [1.165, 1.54) is 0 Å². The van der Waals surface area contributed by atoms with Gasteiger partial charge in [0.1, 0.15) is 23.6 Å². The van der Waals surface area contributed by atoms with Crippen molar-refractivity contribution in [2.75, 3.05) is 0 Å². The molecule has 2 heterocycles. The van der Waals surface area contributed by atoms with Gasteiger partial charge in [0, 0.05) is 6.07 Å². The number of esters is 1. The predicted octanol–water partition coefficient (Wildman–Crippen LogP) is 3.13. The number of para-hydroxylation sites is 1. The summed E-state index contributed by atoms with van der Waals surface area (Å²) < 4.78 is 12.0. The van der Waals surface area contributed by atoms with Gasteiger partial charge in [-0.3, -0.25) is 0 Å². The van der Waals surface area contributed by atoms with Crippen molar-refractivity contribution in [2.45, 2.75) is 20.1 Å². The number of benzene rings is 2. The van der Waals surface area contributed by atoms with Crippen molar-refractivity contribution in [1.82, 2.24) is 20.2 Å². The second kappa shape index (κ2) is 6.79. The predicted molar refractivity (Wildman–Crippen MR) is 93.4 cm³/mol. The number of carbonyl (C=O) groups is 1. The third kappa shape index (κ3) is 3.32. The van der Waals surface area contributed by atoms with Gasteiger partial charge in [0.15, 0.2) is 0 Å². The summed E-state index contributed by atoms with van der Waals surface area (Å²) in [6.07, 6.45) is 0. The van der Waals surface area contributed by atoms with E-state index in [2.05, 4.69) is 15.5 Å². The van der Waals surface area contributed by atoms with Gasteiger partial charge in [-0.25, -0.2) is 9.48 Å². The summed E-state index contributed by atoms with van der Waals surface area (Å²) in [5.74, 6) is 0.282. The zero-order valence-corrected chi connectivity index (χ0v) is 14.1. The molecule has 4 aromatic rings. The summed E-state index contributed by atoms with van der Waals surface area (Å²) >= 11 is 0. The molecule has 0 saturated carbocycles. The van der Waals surface area contributed by atoms with E-state index in [9.17, 15) is 4.79 Å². The first kappa shape index (κ1) is 16.0. The van der Waals surface area contributed by atoms with Crippen LogP contribution in [-0.4, -0.2) is 26.1 Å². The maximum Gasteiger partial charge on any atom is 0.338 e. The number of fused-ring (bicyclic) bond motifs is 1. The zero-order valence-electron chi connectivity index (χ0n) is 14.1. The smallest absolute Gasteiger partial charge is 0.338 e. The van der Waals surface area contributed by atoms with Crippen molar-refractivity contribution < 1.29 is 14.1 Å². The fourth-order valence-electron chi connectivity index (χ4n) is 2.66. The molecule has 26 heavy (non-hydrogen) atoms. The molecule has 0 spiro atoms. The SMILES string of the molecule is Cc1cc(COC(=O)c2ccc(Cn3nnc4ccccc43)cc2)no1. The quantitative estimate of drug-likeness (QED) is 0.515. The van der Waals surface area contributed by atoms with Crippen LogP contribution in [0, 0.1) is 6.92 Å².